The summed E-state index contributed by atoms with van der Waals surface area (Å²) in [7, 11) is 0. The Morgan fingerprint density at radius 1 is 1.27 bits per heavy atom. The molecule has 1 aliphatic heterocycles. The third-order valence-electron chi connectivity index (χ3n) is 5.32. The second-order valence-electron chi connectivity index (χ2n) is 6.55. The largest absolute Gasteiger partial charge is 0.462 e. The fraction of sp³-hybridized carbons (Fsp3) is 0.471. The molecule has 114 valence electrons. The number of nitrogens with one attached hydrogen (secondary N) is 1. The van der Waals surface area contributed by atoms with Crippen LogP contribution in [-0.4, -0.2) is 23.8 Å². The number of Topliss-reactive ketones (excluding diaryl/α,β-unsaturated/α-hetero) is 1. The summed E-state index contributed by atoms with van der Waals surface area (Å²) in [5.41, 5.74) is 1.16. The molecule has 5 atom stereocenters. The van der Waals surface area contributed by atoms with Crippen molar-refractivity contribution >= 4 is 23.3 Å². The Morgan fingerprint density at radius 3 is 2.86 bits per heavy atom. The van der Waals surface area contributed by atoms with E-state index in [9.17, 15) is 14.4 Å². The van der Waals surface area contributed by atoms with Crippen LogP contribution in [0.2, 0.25) is 0 Å². The number of hydrogen-bond acceptors (Lipinski definition) is 4. The van der Waals surface area contributed by atoms with Gasteiger partial charge in [0.05, 0.1) is 11.8 Å². The van der Waals surface area contributed by atoms with Gasteiger partial charge in [-0.3, -0.25) is 14.4 Å². The summed E-state index contributed by atoms with van der Waals surface area (Å²) in [6.07, 6.45) is 1.75. The highest BCUT2D eigenvalue weighted by atomic mass is 16.6. The lowest BCUT2D eigenvalue weighted by molar-refractivity contribution is -0.145. The summed E-state index contributed by atoms with van der Waals surface area (Å²) >= 11 is 0. The van der Waals surface area contributed by atoms with Gasteiger partial charge in [-0.25, -0.2) is 0 Å². The van der Waals surface area contributed by atoms with Crippen molar-refractivity contribution in [3.8, 4) is 0 Å². The summed E-state index contributed by atoms with van der Waals surface area (Å²) in [5.74, 6) is -0.502. The summed E-state index contributed by atoms with van der Waals surface area (Å²) in [5, 5.41) is 2.87. The second-order valence-corrected chi connectivity index (χ2v) is 6.55. The molecular formula is C17H17NO4. The van der Waals surface area contributed by atoms with Crippen molar-refractivity contribution in [2.75, 3.05) is 5.32 Å². The van der Waals surface area contributed by atoms with Crippen molar-refractivity contribution in [3.05, 3.63) is 29.8 Å². The SMILES string of the molecule is CC(=O)c1cccc(NC(=O)[C@@H]2[C@@H]3C[C@@H]4[C@H]2C(=O)O[C@@H]4C3)c1. The van der Waals surface area contributed by atoms with Gasteiger partial charge in [-0.2, -0.15) is 0 Å². The standard InChI is InChI=1S/C17H17NO4/c1-8(19)9-3-2-4-11(5-9)18-16(20)14-10-6-12-13(7-10)22-17(21)15(12)14/h2-5,10,12-15H,6-7H2,1H3,(H,18,20)/t10-,12+,13-,14-,15-/m1/s1. The normalized spacial score (nSPS) is 34.6. The lowest BCUT2D eigenvalue weighted by Crippen LogP contribution is -2.35. The highest BCUT2D eigenvalue weighted by molar-refractivity contribution is 5.99. The highest BCUT2D eigenvalue weighted by Crippen LogP contribution is 2.57. The van der Waals surface area contributed by atoms with E-state index in [0.29, 0.717) is 11.3 Å². The molecule has 0 spiro atoms. The molecule has 2 bridgehead atoms. The fourth-order valence-corrected chi connectivity index (χ4v) is 4.40. The number of benzene rings is 1. The minimum absolute atomic E-state index is 0.0348. The zero-order valence-electron chi connectivity index (χ0n) is 12.2. The number of anilines is 1. The number of fused-ring (bicyclic) bond motifs is 1. The zero-order chi connectivity index (χ0) is 15.4. The van der Waals surface area contributed by atoms with E-state index >= 15 is 0 Å². The lowest BCUT2D eigenvalue weighted by atomic mass is 9.79. The van der Waals surface area contributed by atoms with E-state index in [1.165, 1.54) is 6.92 Å². The van der Waals surface area contributed by atoms with E-state index in [2.05, 4.69) is 5.32 Å². The molecule has 3 aliphatic rings. The molecule has 0 aromatic heterocycles. The molecule has 1 heterocycles. The Bertz CT molecular complexity index is 681. The molecule has 1 amide bonds. The monoisotopic (exact) mass is 299 g/mol. The van der Waals surface area contributed by atoms with Crippen molar-refractivity contribution in [3.63, 3.8) is 0 Å². The van der Waals surface area contributed by atoms with Crippen molar-refractivity contribution < 1.29 is 19.1 Å². The van der Waals surface area contributed by atoms with Gasteiger partial charge in [0.15, 0.2) is 5.78 Å². The Labute approximate surface area is 128 Å². The quantitative estimate of drug-likeness (QED) is 0.684. The van der Waals surface area contributed by atoms with Crippen molar-refractivity contribution in [2.45, 2.75) is 25.9 Å². The smallest absolute Gasteiger partial charge is 0.310 e. The zero-order valence-corrected chi connectivity index (χ0v) is 12.2. The van der Waals surface area contributed by atoms with Gasteiger partial charge in [0.2, 0.25) is 5.91 Å². The number of carbonyl (C=O) groups excluding carboxylic acids is 3. The Hall–Kier alpha value is -2.17. The summed E-state index contributed by atoms with van der Waals surface area (Å²) in [6.45, 7) is 1.49. The molecule has 0 radical (unpaired) electrons. The number of carbonyl (C=O) groups is 3. The molecule has 1 saturated heterocycles. The molecule has 1 N–H and O–H groups in total. The molecule has 3 fully saturated rings. The molecule has 5 heteroatoms. The van der Waals surface area contributed by atoms with Gasteiger partial charge >= 0.3 is 5.97 Å². The second kappa shape index (κ2) is 4.66. The molecule has 2 aliphatic carbocycles. The Balaban J connectivity index is 1.55. The van der Waals surface area contributed by atoms with Gasteiger partial charge in [-0.15, -0.1) is 0 Å². The predicted molar refractivity (Wildman–Crippen MR) is 78.2 cm³/mol. The molecule has 1 aromatic rings. The van der Waals surface area contributed by atoms with E-state index in [0.717, 1.165) is 12.8 Å². The molecule has 4 rings (SSSR count). The molecule has 0 unspecified atom stereocenters. The number of rotatable bonds is 3. The molecule has 22 heavy (non-hydrogen) atoms. The van der Waals surface area contributed by atoms with Crippen LogP contribution in [0.3, 0.4) is 0 Å². The van der Waals surface area contributed by atoms with Gasteiger partial charge in [-0.05, 0) is 37.8 Å². The minimum atomic E-state index is -0.294. The molecule has 2 saturated carbocycles. The van der Waals surface area contributed by atoms with Gasteiger partial charge in [0.25, 0.3) is 0 Å². The summed E-state index contributed by atoms with van der Waals surface area (Å²) in [6, 6.07) is 6.89. The van der Waals surface area contributed by atoms with Crippen LogP contribution in [0.1, 0.15) is 30.1 Å². The average molecular weight is 299 g/mol. The van der Waals surface area contributed by atoms with E-state index < -0.39 is 0 Å². The highest BCUT2D eigenvalue weighted by Gasteiger charge is 2.63. The van der Waals surface area contributed by atoms with Crippen molar-refractivity contribution in [1.29, 1.82) is 0 Å². The summed E-state index contributed by atoms with van der Waals surface area (Å²) in [4.78, 5) is 36.0. The van der Waals surface area contributed by atoms with Crippen molar-refractivity contribution in [2.24, 2.45) is 23.7 Å². The Kier molecular flexibility index (Phi) is 2.86. The minimum Gasteiger partial charge on any atom is -0.462 e. The first-order valence-corrected chi connectivity index (χ1v) is 7.67. The number of esters is 1. The van der Waals surface area contributed by atoms with Crippen LogP contribution >= 0.6 is 0 Å². The van der Waals surface area contributed by atoms with Gasteiger partial charge in [0.1, 0.15) is 6.10 Å². The molecule has 1 aromatic carbocycles. The van der Waals surface area contributed by atoms with Crippen molar-refractivity contribution in [1.82, 2.24) is 0 Å². The maximum Gasteiger partial charge on any atom is 0.310 e. The van der Waals surface area contributed by atoms with Crippen LogP contribution < -0.4 is 5.32 Å². The Morgan fingerprint density at radius 2 is 2.09 bits per heavy atom. The van der Waals surface area contributed by atoms with Gasteiger partial charge in [-0.1, -0.05) is 12.1 Å². The third kappa shape index (κ3) is 1.88. The topological polar surface area (TPSA) is 72.5 Å². The first-order chi connectivity index (χ1) is 10.5. The fourth-order valence-electron chi connectivity index (χ4n) is 4.40. The first-order valence-electron chi connectivity index (χ1n) is 7.67. The predicted octanol–water partition coefficient (Wildman–Crippen LogP) is 2.03. The number of amides is 1. The lowest BCUT2D eigenvalue weighted by Gasteiger charge is -2.23. The number of ether oxygens (including phenoxy) is 1. The summed E-state index contributed by atoms with van der Waals surface area (Å²) < 4.78 is 5.36. The number of hydrogen-bond donors (Lipinski definition) is 1. The van der Waals surface area contributed by atoms with Crippen LogP contribution in [0.4, 0.5) is 5.69 Å². The molecular weight excluding hydrogens is 282 g/mol. The van der Waals surface area contributed by atoms with E-state index in [1.54, 1.807) is 24.3 Å². The van der Waals surface area contributed by atoms with Gasteiger partial charge < -0.3 is 10.1 Å². The first kappa shape index (κ1) is 13.5. The maximum absolute atomic E-state index is 12.6. The van der Waals surface area contributed by atoms with E-state index in [1.807, 2.05) is 0 Å². The third-order valence-corrected chi connectivity index (χ3v) is 5.32. The van der Waals surface area contributed by atoms with E-state index in [-0.39, 0.29) is 47.4 Å². The van der Waals surface area contributed by atoms with Crippen LogP contribution in [0, 0.1) is 23.7 Å². The van der Waals surface area contributed by atoms with Gasteiger partial charge in [0, 0.05) is 17.2 Å². The average Bonchev–Trinajstić information content (AvgIpc) is 3.08. The van der Waals surface area contributed by atoms with Crippen LogP contribution in [-0.2, 0) is 14.3 Å². The number of ketones is 1. The van der Waals surface area contributed by atoms with Crippen LogP contribution in [0.5, 0.6) is 0 Å². The van der Waals surface area contributed by atoms with Crippen LogP contribution in [0.25, 0.3) is 0 Å². The van der Waals surface area contributed by atoms with Crippen LogP contribution in [0.15, 0.2) is 24.3 Å². The maximum atomic E-state index is 12.6. The van der Waals surface area contributed by atoms with E-state index in [4.69, 9.17) is 4.74 Å². The molecule has 5 nitrogen and oxygen atoms in total.